The maximum atomic E-state index is 4.60. The minimum absolute atomic E-state index is 0.658. The summed E-state index contributed by atoms with van der Waals surface area (Å²) in [4.78, 5) is 9.11. The number of aromatic nitrogens is 4. The first-order valence-corrected chi connectivity index (χ1v) is 8.59. The van der Waals surface area contributed by atoms with Crippen LogP contribution in [0.3, 0.4) is 0 Å². The molecule has 2 heterocycles. The van der Waals surface area contributed by atoms with Gasteiger partial charge in [-0.3, -0.25) is 4.98 Å². The number of nitrogens with zero attached hydrogens (tertiary/aromatic N) is 4. The van der Waals surface area contributed by atoms with Crippen LogP contribution < -0.4 is 0 Å². The van der Waals surface area contributed by atoms with Crippen molar-refractivity contribution in [3.63, 3.8) is 0 Å². The first-order valence-electron chi connectivity index (χ1n) is 7.61. The topological polar surface area (TPSA) is 51.6 Å². The van der Waals surface area contributed by atoms with Gasteiger partial charge in [0.15, 0.2) is 0 Å². The molecule has 0 spiro atoms. The van der Waals surface area contributed by atoms with E-state index in [1.165, 1.54) is 10.8 Å². The van der Waals surface area contributed by atoms with Crippen molar-refractivity contribution < 1.29 is 0 Å². The maximum Gasteiger partial charge on any atom is 0.210 e. The minimum atomic E-state index is 0.658. The summed E-state index contributed by atoms with van der Waals surface area (Å²) < 4.78 is 0. The third-order valence-corrected chi connectivity index (χ3v) is 4.55. The summed E-state index contributed by atoms with van der Waals surface area (Å²) >= 11 is 1.55. The minimum Gasteiger partial charge on any atom is -0.260 e. The average molecular weight is 330 g/mol. The first-order chi connectivity index (χ1) is 11.9. The lowest BCUT2D eigenvalue weighted by molar-refractivity contribution is 0.843. The highest BCUT2D eigenvalue weighted by atomic mass is 32.2. The molecule has 2 aromatic heterocycles. The third kappa shape index (κ3) is 3.12. The predicted molar refractivity (Wildman–Crippen MR) is 96.6 cm³/mol. The molecule has 5 heteroatoms. The number of thioether (sulfide) groups is 1. The van der Waals surface area contributed by atoms with Gasteiger partial charge >= 0.3 is 0 Å². The predicted octanol–water partition coefficient (Wildman–Crippen LogP) is 4.38. The Kier molecular flexibility index (Phi) is 4.16. The molecule has 0 fully saturated rings. The van der Waals surface area contributed by atoms with Gasteiger partial charge in [-0.25, -0.2) is 4.98 Å². The molecule has 0 bridgehead atoms. The van der Waals surface area contributed by atoms with Crippen molar-refractivity contribution in [1.29, 1.82) is 0 Å². The summed E-state index contributed by atoms with van der Waals surface area (Å²) in [5.74, 6) is 0.710. The van der Waals surface area contributed by atoms with Gasteiger partial charge in [-0.2, -0.15) is 5.10 Å². The zero-order valence-electron chi connectivity index (χ0n) is 12.8. The van der Waals surface area contributed by atoms with E-state index in [1.807, 2.05) is 54.7 Å². The summed E-state index contributed by atoms with van der Waals surface area (Å²) in [6.07, 6.45) is 3.54. The fourth-order valence-corrected chi connectivity index (χ4v) is 3.29. The number of pyridine rings is 1. The monoisotopic (exact) mass is 330 g/mol. The lowest BCUT2D eigenvalue weighted by Gasteiger charge is -2.05. The van der Waals surface area contributed by atoms with Crippen LogP contribution in [0.4, 0.5) is 0 Å². The summed E-state index contributed by atoms with van der Waals surface area (Å²) in [5.41, 5.74) is 2.91. The second-order valence-electron chi connectivity index (χ2n) is 5.26. The molecule has 0 aliphatic carbocycles. The molecule has 0 atom stereocenters. The van der Waals surface area contributed by atoms with Crippen molar-refractivity contribution in [3.05, 3.63) is 78.8 Å². The van der Waals surface area contributed by atoms with Crippen LogP contribution in [-0.4, -0.2) is 20.2 Å². The van der Waals surface area contributed by atoms with E-state index in [0.717, 1.165) is 17.0 Å². The highest BCUT2D eigenvalue weighted by molar-refractivity contribution is 7.98. The third-order valence-electron chi connectivity index (χ3n) is 3.70. The number of hydrogen-bond donors (Lipinski definition) is 0. The van der Waals surface area contributed by atoms with Gasteiger partial charge in [0.1, 0.15) is 0 Å². The molecule has 2 aromatic carbocycles. The molecular formula is C19H14N4S. The van der Waals surface area contributed by atoms with Gasteiger partial charge in [0.05, 0.1) is 17.6 Å². The molecule has 116 valence electrons. The molecule has 0 aliphatic heterocycles. The van der Waals surface area contributed by atoms with E-state index in [1.54, 1.807) is 18.0 Å². The molecule has 4 aromatic rings. The number of hydrogen-bond acceptors (Lipinski definition) is 5. The molecule has 0 radical (unpaired) electrons. The lowest BCUT2D eigenvalue weighted by atomic mass is 10.1. The van der Waals surface area contributed by atoms with Crippen LogP contribution in [0.5, 0.6) is 0 Å². The first kappa shape index (κ1) is 14.8. The van der Waals surface area contributed by atoms with Crippen LogP contribution in [0.1, 0.15) is 5.69 Å². The highest BCUT2D eigenvalue weighted by Crippen LogP contribution is 2.25. The van der Waals surface area contributed by atoms with Crippen molar-refractivity contribution in [2.75, 3.05) is 0 Å². The molecule has 0 N–H and O–H groups in total. The van der Waals surface area contributed by atoms with E-state index in [2.05, 4.69) is 32.3 Å². The summed E-state index contributed by atoms with van der Waals surface area (Å²) in [5, 5.41) is 11.2. The van der Waals surface area contributed by atoms with Crippen LogP contribution in [-0.2, 0) is 5.75 Å². The number of benzene rings is 2. The molecule has 0 unspecified atom stereocenters. The second-order valence-corrected chi connectivity index (χ2v) is 6.20. The molecule has 4 rings (SSSR count). The Labute approximate surface area is 144 Å². The molecule has 4 nitrogen and oxygen atoms in total. The Morgan fingerprint density at radius 2 is 1.71 bits per heavy atom. The van der Waals surface area contributed by atoms with Crippen LogP contribution >= 0.6 is 11.8 Å². The van der Waals surface area contributed by atoms with Gasteiger partial charge in [0.25, 0.3) is 0 Å². The molecular weight excluding hydrogens is 316 g/mol. The van der Waals surface area contributed by atoms with E-state index in [0.29, 0.717) is 10.9 Å². The summed E-state index contributed by atoms with van der Waals surface area (Å²) in [6.45, 7) is 0. The molecule has 0 saturated heterocycles. The van der Waals surface area contributed by atoms with Gasteiger partial charge in [0.2, 0.25) is 5.16 Å². The Morgan fingerprint density at radius 3 is 2.62 bits per heavy atom. The Balaban J connectivity index is 1.58. The van der Waals surface area contributed by atoms with Crippen LogP contribution in [0, 0.1) is 0 Å². The van der Waals surface area contributed by atoms with Crippen molar-refractivity contribution in [3.8, 4) is 11.3 Å². The number of rotatable bonds is 4. The number of fused-ring (bicyclic) bond motifs is 1. The standard InChI is InChI=1S/C19H14N4S/c1-2-7-15(8-3-1)17-12-21-23-19(22-17)24-13-18-16-9-5-4-6-14(16)10-11-20-18/h1-12H,13H2. The van der Waals surface area contributed by atoms with E-state index in [4.69, 9.17) is 0 Å². The fraction of sp³-hybridized carbons (Fsp3) is 0.0526. The van der Waals surface area contributed by atoms with E-state index >= 15 is 0 Å². The molecule has 0 amide bonds. The largest absolute Gasteiger partial charge is 0.260 e. The Morgan fingerprint density at radius 1 is 0.875 bits per heavy atom. The van der Waals surface area contributed by atoms with Crippen LogP contribution in [0.25, 0.3) is 22.0 Å². The molecule has 24 heavy (non-hydrogen) atoms. The molecule has 0 aliphatic rings. The van der Waals surface area contributed by atoms with Crippen LogP contribution in [0.15, 0.2) is 78.2 Å². The van der Waals surface area contributed by atoms with Crippen LogP contribution in [0.2, 0.25) is 0 Å². The fourth-order valence-electron chi connectivity index (χ4n) is 2.53. The van der Waals surface area contributed by atoms with E-state index in [9.17, 15) is 0 Å². The normalized spacial score (nSPS) is 10.8. The second kappa shape index (κ2) is 6.76. The van der Waals surface area contributed by atoms with Crippen molar-refractivity contribution in [2.45, 2.75) is 10.9 Å². The zero-order chi connectivity index (χ0) is 16.2. The van der Waals surface area contributed by atoms with Crippen molar-refractivity contribution >= 4 is 22.5 Å². The maximum absolute atomic E-state index is 4.60. The van der Waals surface area contributed by atoms with Gasteiger partial charge in [0, 0.05) is 22.9 Å². The summed E-state index contributed by atoms with van der Waals surface area (Å²) in [7, 11) is 0. The zero-order valence-corrected chi connectivity index (χ0v) is 13.6. The summed E-state index contributed by atoms with van der Waals surface area (Å²) in [6, 6.07) is 20.3. The smallest absolute Gasteiger partial charge is 0.210 e. The molecule has 0 saturated carbocycles. The lowest BCUT2D eigenvalue weighted by Crippen LogP contribution is -1.95. The van der Waals surface area contributed by atoms with Crippen molar-refractivity contribution in [1.82, 2.24) is 20.2 Å². The van der Waals surface area contributed by atoms with E-state index < -0.39 is 0 Å². The average Bonchev–Trinajstić information content (AvgIpc) is 2.67. The Hall–Kier alpha value is -2.79. The van der Waals surface area contributed by atoms with Crippen molar-refractivity contribution in [2.24, 2.45) is 0 Å². The van der Waals surface area contributed by atoms with Gasteiger partial charge in [-0.05, 0) is 11.5 Å². The van der Waals surface area contributed by atoms with Gasteiger partial charge < -0.3 is 0 Å². The Bertz CT molecular complexity index is 968. The SMILES string of the molecule is c1ccc(-c2cnnc(SCc3nccc4ccccc34)n2)cc1. The van der Waals surface area contributed by atoms with E-state index in [-0.39, 0.29) is 0 Å². The van der Waals surface area contributed by atoms with Gasteiger partial charge in [-0.15, -0.1) is 5.10 Å². The highest BCUT2D eigenvalue weighted by Gasteiger charge is 2.07. The van der Waals surface area contributed by atoms with Gasteiger partial charge in [-0.1, -0.05) is 66.4 Å². The quantitative estimate of drug-likeness (QED) is 0.520.